The van der Waals surface area contributed by atoms with Crippen molar-refractivity contribution in [2.75, 3.05) is 5.32 Å². The summed E-state index contributed by atoms with van der Waals surface area (Å²) in [5.41, 5.74) is 6.04. The van der Waals surface area contributed by atoms with Gasteiger partial charge in [0.25, 0.3) is 0 Å². The zero-order chi connectivity index (χ0) is 13.7. The molecule has 0 saturated heterocycles. The molecule has 6 heteroatoms. The normalized spacial score (nSPS) is 12.3. The highest BCUT2D eigenvalue weighted by molar-refractivity contribution is 6.35. The highest BCUT2D eigenvalue weighted by Gasteiger charge is 2.14. The van der Waals surface area contributed by atoms with E-state index in [1.54, 1.807) is 0 Å². The highest BCUT2D eigenvalue weighted by Crippen LogP contribution is 2.27. The maximum absolute atomic E-state index is 13.2. The van der Waals surface area contributed by atoms with Crippen LogP contribution in [0.1, 0.15) is 26.2 Å². The zero-order valence-corrected chi connectivity index (χ0v) is 11.5. The molecule has 0 heterocycles. The number of anilines is 1. The van der Waals surface area contributed by atoms with Crippen LogP contribution in [0, 0.1) is 5.82 Å². The van der Waals surface area contributed by atoms with Crippen molar-refractivity contribution in [2.45, 2.75) is 32.2 Å². The summed E-state index contributed by atoms with van der Waals surface area (Å²) in [6.45, 7) is 2.02. The topological polar surface area (TPSA) is 55.1 Å². The first-order valence-electron chi connectivity index (χ1n) is 5.66. The summed E-state index contributed by atoms with van der Waals surface area (Å²) in [7, 11) is 0. The fourth-order valence-electron chi connectivity index (χ4n) is 1.42. The summed E-state index contributed by atoms with van der Waals surface area (Å²) in [6, 6.07) is 2.01. The van der Waals surface area contributed by atoms with Gasteiger partial charge in [0.15, 0.2) is 5.82 Å². The third-order valence-electron chi connectivity index (χ3n) is 2.46. The smallest absolute Gasteiger partial charge is 0.241 e. The van der Waals surface area contributed by atoms with Crippen molar-refractivity contribution in [1.29, 1.82) is 0 Å². The van der Waals surface area contributed by atoms with Gasteiger partial charge in [0, 0.05) is 5.69 Å². The molecule has 0 radical (unpaired) electrons. The number of nitrogens with two attached hydrogens (primary N) is 1. The van der Waals surface area contributed by atoms with Gasteiger partial charge in [0.1, 0.15) is 0 Å². The Labute approximate surface area is 115 Å². The number of hydrogen-bond acceptors (Lipinski definition) is 2. The quantitative estimate of drug-likeness (QED) is 0.815. The molecule has 0 saturated carbocycles. The van der Waals surface area contributed by atoms with E-state index in [1.165, 1.54) is 12.1 Å². The van der Waals surface area contributed by atoms with Crippen LogP contribution in [0.5, 0.6) is 0 Å². The van der Waals surface area contributed by atoms with Gasteiger partial charge < -0.3 is 11.1 Å². The molecule has 0 aliphatic carbocycles. The summed E-state index contributed by atoms with van der Waals surface area (Å²) < 4.78 is 13.2. The molecule has 3 N–H and O–H groups in total. The Morgan fingerprint density at radius 2 is 2.00 bits per heavy atom. The molecule has 1 atom stereocenters. The molecule has 0 aliphatic heterocycles. The molecular weight excluding hydrogens is 278 g/mol. The van der Waals surface area contributed by atoms with Crippen LogP contribution in [-0.2, 0) is 4.79 Å². The second-order valence-electron chi connectivity index (χ2n) is 3.99. The van der Waals surface area contributed by atoms with E-state index < -0.39 is 11.9 Å². The van der Waals surface area contributed by atoms with E-state index in [1.807, 2.05) is 6.92 Å². The minimum Gasteiger partial charge on any atom is -0.325 e. The van der Waals surface area contributed by atoms with Gasteiger partial charge in [0.05, 0.1) is 16.1 Å². The first-order chi connectivity index (χ1) is 8.45. The third-order valence-corrected chi connectivity index (χ3v) is 3.01. The Balaban J connectivity index is 2.70. The van der Waals surface area contributed by atoms with E-state index in [0.717, 1.165) is 12.8 Å². The molecule has 1 amide bonds. The summed E-state index contributed by atoms with van der Waals surface area (Å²) in [5.74, 6) is -1.03. The number of benzene rings is 1. The molecule has 18 heavy (non-hydrogen) atoms. The van der Waals surface area contributed by atoms with Crippen molar-refractivity contribution < 1.29 is 9.18 Å². The predicted octanol–water partition coefficient (Wildman–Crippen LogP) is 3.59. The zero-order valence-electron chi connectivity index (χ0n) is 9.97. The van der Waals surface area contributed by atoms with Crippen molar-refractivity contribution in [2.24, 2.45) is 5.73 Å². The van der Waals surface area contributed by atoms with Crippen LogP contribution in [0.4, 0.5) is 10.1 Å². The third kappa shape index (κ3) is 4.12. The number of rotatable bonds is 5. The van der Waals surface area contributed by atoms with Crippen molar-refractivity contribution in [3.05, 3.63) is 28.0 Å². The molecule has 100 valence electrons. The number of halogens is 3. The monoisotopic (exact) mass is 292 g/mol. The Hall–Kier alpha value is -0.840. The lowest BCUT2D eigenvalue weighted by Gasteiger charge is -2.12. The van der Waals surface area contributed by atoms with Crippen LogP contribution in [0.25, 0.3) is 0 Å². The average molecular weight is 293 g/mol. The predicted molar refractivity (Wildman–Crippen MR) is 72.6 cm³/mol. The maximum atomic E-state index is 13.2. The number of nitrogens with one attached hydrogen (secondary N) is 1. The van der Waals surface area contributed by atoms with Crippen LogP contribution < -0.4 is 11.1 Å². The van der Waals surface area contributed by atoms with E-state index in [2.05, 4.69) is 5.32 Å². The minimum atomic E-state index is -0.702. The lowest BCUT2D eigenvalue weighted by molar-refractivity contribution is -0.117. The van der Waals surface area contributed by atoms with E-state index in [4.69, 9.17) is 28.9 Å². The summed E-state index contributed by atoms with van der Waals surface area (Å²) >= 11 is 11.2. The van der Waals surface area contributed by atoms with Gasteiger partial charge in [-0.15, -0.1) is 0 Å². The van der Waals surface area contributed by atoms with Crippen molar-refractivity contribution in [1.82, 2.24) is 0 Å². The molecule has 0 fully saturated rings. The van der Waals surface area contributed by atoms with Crippen LogP contribution in [-0.4, -0.2) is 11.9 Å². The molecule has 1 rings (SSSR count). The number of amides is 1. The largest absolute Gasteiger partial charge is 0.325 e. The Morgan fingerprint density at radius 1 is 1.44 bits per heavy atom. The molecule has 0 unspecified atom stereocenters. The fourth-order valence-corrected chi connectivity index (χ4v) is 1.90. The lowest BCUT2D eigenvalue weighted by Crippen LogP contribution is -2.35. The minimum absolute atomic E-state index is 0.139. The molecule has 0 aromatic heterocycles. The molecule has 0 spiro atoms. The number of hydrogen-bond donors (Lipinski definition) is 2. The van der Waals surface area contributed by atoms with Crippen LogP contribution in [0.3, 0.4) is 0 Å². The fraction of sp³-hybridized carbons (Fsp3) is 0.417. The average Bonchev–Trinajstić information content (AvgIpc) is 2.32. The van der Waals surface area contributed by atoms with Crippen molar-refractivity contribution >= 4 is 34.8 Å². The van der Waals surface area contributed by atoms with E-state index in [-0.39, 0.29) is 16.0 Å². The standard InChI is InChI=1S/C12H15Cl2FN2O/c1-2-3-4-10(16)12(18)17-7-5-8(13)11(15)9(14)6-7/h5-6,10H,2-4,16H2,1H3,(H,17,18)/t10-/m0/s1. The summed E-state index contributed by atoms with van der Waals surface area (Å²) in [6.07, 6.45) is 2.44. The van der Waals surface area contributed by atoms with Crippen LogP contribution in [0.15, 0.2) is 12.1 Å². The molecular formula is C12H15Cl2FN2O. The number of carbonyl (C=O) groups excluding carboxylic acids is 1. The van der Waals surface area contributed by atoms with Crippen LogP contribution in [0.2, 0.25) is 10.0 Å². The first kappa shape index (κ1) is 15.2. The lowest BCUT2D eigenvalue weighted by atomic mass is 10.1. The van der Waals surface area contributed by atoms with Crippen LogP contribution >= 0.6 is 23.2 Å². The second kappa shape index (κ2) is 6.92. The Morgan fingerprint density at radius 3 is 2.50 bits per heavy atom. The SMILES string of the molecule is CCCC[C@H](N)C(=O)Nc1cc(Cl)c(F)c(Cl)c1. The molecule has 1 aromatic rings. The van der Waals surface area contributed by atoms with Crippen molar-refractivity contribution in [3.8, 4) is 0 Å². The van der Waals surface area contributed by atoms with Gasteiger partial charge in [-0.2, -0.15) is 0 Å². The molecule has 0 bridgehead atoms. The first-order valence-corrected chi connectivity index (χ1v) is 6.42. The van der Waals surface area contributed by atoms with E-state index in [9.17, 15) is 9.18 Å². The molecule has 3 nitrogen and oxygen atoms in total. The maximum Gasteiger partial charge on any atom is 0.241 e. The van der Waals surface area contributed by atoms with Gasteiger partial charge in [-0.05, 0) is 18.6 Å². The van der Waals surface area contributed by atoms with Gasteiger partial charge in [0.2, 0.25) is 5.91 Å². The number of unbranched alkanes of at least 4 members (excludes halogenated alkanes) is 1. The van der Waals surface area contributed by atoms with E-state index in [0.29, 0.717) is 12.1 Å². The Kier molecular flexibility index (Phi) is 5.85. The highest BCUT2D eigenvalue weighted by atomic mass is 35.5. The second-order valence-corrected chi connectivity index (χ2v) is 4.81. The van der Waals surface area contributed by atoms with Crippen molar-refractivity contribution in [3.63, 3.8) is 0 Å². The molecule has 1 aromatic carbocycles. The van der Waals surface area contributed by atoms with Gasteiger partial charge in [-0.3, -0.25) is 4.79 Å². The molecule has 0 aliphatic rings. The Bertz CT molecular complexity index is 417. The van der Waals surface area contributed by atoms with Gasteiger partial charge in [-0.1, -0.05) is 43.0 Å². The summed E-state index contributed by atoms with van der Waals surface area (Å²) in [5, 5.41) is 2.28. The van der Waals surface area contributed by atoms with Gasteiger partial charge in [-0.25, -0.2) is 4.39 Å². The summed E-state index contributed by atoms with van der Waals surface area (Å²) in [4.78, 5) is 11.7. The van der Waals surface area contributed by atoms with E-state index >= 15 is 0 Å². The van der Waals surface area contributed by atoms with Gasteiger partial charge >= 0.3 is 0 Å². The number of carbonyl (C=O) groups is 1.